The summed E-state index contributed by atoms with van der Waals surface area (Å²) in [6, 6.07) is 6.32. The average molecular weight is 198 g/mol. The highest BCUT2D eigenvalue weighted by molar-refractivity contribution is 7.89. The average Bonchev–Trinajstić information content (AvgIpc) is 2.26. The van der Waals surface area contributed by atoms with Crippen molar-refractivity contribution >= 4 is 16.4 Å². The number of hydrazone groups is 1. The van der Waals surface area contributed by atoms with E-state index in [1.165, 1.54) is 6.07 Å². The van der Waals surface area contributed by atoms with Crippen LogP contribution in [0.25, 0.3) is 0 Å². The van der Waals surface area contributed by atoms with Gasteiger partial charge in [0, 0.05) is 0 Å². The van der Waals surface area contributed by atoms with Gasteiger partial charge in [0.25, 0.3) is 10.0 Å². The molecule has 68 valence electrons. The third-order valence-corrected chi connectivity index (χ3v) is 2.81. The summed E-state index contributed by atoms with van der Waals surface area (Å²) >= 11 is 0. The molecule has 1 aromatic carbocycles. The van der Waals surface area contributed by atoms with Gasteiger partial charge in [-0.25, -0.2) is 0 Å². The van der Waals surface area contributed by atoms with Gasteiger partial charge in [0.05, 0.1) is 0 Å². The number of benzene rings is 1. The van der Waals surface area contributed by atoms with Gasteiger partial charge in [-0.1, -0.05) is 12.1 Å². The number of nitrogens with one attached hydrogen (secondary N) is 1. The van der Waals surface area contributed by atoms with E-state index in [1.54, 1.807) is 18.2 Å². The third kappa shape index (κ3) is 1.35. The maximum atomic E-state index is 11.4. The van der Waals surface area contributed by atoms with E-state index in [9.17, 15) is 8.42 Å². The third-order valence-electron chi connectivity index (χ3n) is 1.54. The quantitative estimate of drug-likeness (QED) is 0.652. The highest BCUT2D eigenvalue weighted by Crippen LogP contribution is 2.23. The molecule has 13 heavy (non-hydrogen) atoms. The first-order chi connectivity index (χ1) is 6.20. The minimum absolute atomic E-state index is 0.0903. The number of ether oxygens (including phenoxy) is 1. The summed E-state index contributed by atoms with van der Waals surface area (Å²) in [6.07, 6.45) is 1.05. The molecule has 5 nitrogen and oxygen atoms in total. The van der Waals surface area contributed by atoms with Gasteiger partial charge in [-0.3, -0.25) is 0 Å². The summed E-state index contributed by atoms with van der Waals surface area (Å²) in [5, 5.41) is 3.35. The summed E-state index contributed by atoms with van der Waals surface area (Å²) in [5.41, 5.74) is 0. The van der Waals surface area contributed by atoms with Crippen LogP contribution in [0.5, 0.6) is 5.75 Å². The first-order valence-electron chi connectivity index (χ1n) is 3.49. The molecule has 0 unspecified atom stereocenters. The fourth-order valence-electron chi connectivity index (χ4n) is 0.993. The molecule has 0 spiro atoms. The summed E-state index contributed by atoms with van der Waals surface area (Å²) in [5.74, 6) is 0.274. The van der Waals surface area contributed by atoms with Gasteiger partial charge in [-0.05, 0) is 12.1 Å². The number of para-hydroxylation sites is 1. The molecule has 0 atom stereocenters. The van der Waals surface area contributed by atoms with Crippen molar-refractivity contribution in [3.8, 4) is 5.75 Å². The van der Waals surface area contributed by atoms with Crippen LogP contribution in [0.1, 0.15) is 0 Å². The number of hydrogen-bond donors (Lipinski definition) is 1. The number of fused-ring (bicyclic) bond motifs is 1. The van der Waals surface area contributed by atoms with Crippen molar-refractivity contribution in [2.45, 2.75) is 4.90 Å². The Hall–Kier alpha value is -1.56. The lowest BCUT2D eigenvalue weighted by Crippen LogP contribution is -2.16. The minimum Gasteiger partial charge on any atom is -0.443 e. The molecule has 1 heterocycles. The lowest BCUT2D eigenvalue weighted by Gasteiger charge is -2.02. The molecule has 0 aliphatic carbocycles. The smallest absolute Gasteiger partial charge is 0.280 e. The molecule has 6 heteroatoms. The second-order valence-corrected chi connectivity index (χ2v) is 4.02. The molecule has 0 saturated carbocycles. The van der Waals surface area contributed by atoms with E-state index < -0.39 is 10.0 Å². The molecule has 2 rings (SSSR count). The van der Waals surface area contributed by atoms with E-state index in [2.05, 4.69) is 5.10 Å². The Morgan fingerprint density at radius 2 is 2.08 bits per heavy atom. The molecular weight excluding hydrogens is 192 g/mol. The Morgan fingerprint density at radius 3 is 2.92 bits per heavy atom. The Balaban J connectivity index is 2.68. The van der Waals surface area contributed by atoms with E-state index in [4.69, 9.17) is 4.74 Å². The standard InChI is InChI=1S/C7H6N2O3S/c10-13(11)7-4-2-1-3-6(7)12-5-8-9-13/h1-5,9H. The van der Waals surface area contributed by atoms with Gasteiger partial charge in [-0.15, -0.1) is 5.10 Å². The highest BCUT2D eigenvalue weighted by Gasteiger charge is 2.19. The van der Waals surface area contributed by atoms with E-state index in [-0.39, 0.29) is 10.6 Å². The van der Waals surface area contributed by atoms with Crippen LogP contribution in [0.15, 0.2) is 34.3 Å². The molecule has 1 aliphatic heterocycles. The number of sulfonamides is 1. The van der Waals surface area contributed by atoms with Crippen LogP contribution in [0.3, 0.4) is 0 Å². The normalized spacial score (nSPS) is 17.8. The molecular formula is C7H6N2O3S. The number of rotatable bonds is 0. The molecule has 0 radical (unpaired) electrons. The van der Waals surface area contributed by atoms with Crippen LogP contribution in [0.4, 0.5) is 0 Å². The largest absolute Gasteiger partial charge is 0.443 e. The number of nitrogens with zero attached hydrogens (tertiary/aromatic N) is 1. The van der Waals surface area contributed by atoms with Crippen molar-refractivity contribution in [2.24, 2.45) is 5.10 Å². The Bertz CT molecular complexity index is 453. The van der Waals surface area contributed by atoms with Crippen molar-refractivity contribution in [1.29, 1.82) is 0 Å². The summed E-state index contributed by atoms with van der Waals surface area (Å²) in [6.45, 7) is 0. The molecule has 0 fully saturated rings. The van der Waals surface area contributed by atoms with Crippen molar-refractivity contribution in [2.75, 3.05) is 0 Å². The second-order valence-electron chi connectivity index (χ2n) is 2.39. The summed E-state index contributed by atoms with van der Waals surface area (Å²) in [4.78, 5) is 2.08. The lowest BCUT2D eigenvalue weighted by atomic mass is 10.3. The van der Waals surface area contributed by atoms with Crippen molar-refractivity contribution < 1.29 is 13.2 Å². The predicted octanol–water partition coefficient (Wildman–Crippen LogP) is 0.301. The Kier molecular flexibility index (Phi) is 1.70. The zero-order chi connectivity index (χ0) is 9.31. The molecule has 0 bridgehead atoms. The van der Waals surface area contributed by atoms with Gasteiger partial charge in [0.2, 0.25) is 0 Å². The van der Waals surface area contributed by atoms with Gasteiger partial charge in [-0.2, -0.15) is 13.2 Å². The molecule has 1 aliphatic rings. The highest BCUT2D eigenvalue weighted by atomic mass is 32.2. The second kappa shape index (κ2) is 2.74. The first-order valence-corrected chi connectivity index (χ1v) is 4.97. The van der Waals surface area contributed by atoms with Crippen LogP contribution in [-0.4, -0.2) is 14.8 Å². The summed E-state index contributed by atoms with van der Waals surface area (Å²) < 4.78 is 27.7. The van der Waals surface area contributed by atoms with Gasteiger partial charge >= 0.3 is 0 Å². The van der Waals surface area contributed by atoms with Crippen LogP contribution < -0.4 is 9.57 Å². The van der Waals surface area contributed by atoms with Gasteiger partial charge < -0.3 is 4.74 Å². The van der Waals surface area contributed by atoms with Crippen LogP contribution >= 0.6 is 0 Å². The summed E-state index contributed by atoms with van der Waals surface area (Å²) in [7, 11) is -3.55. The van der Waals surface area contributed by atoms with Gasteiger partial charge in [0.15, 0.2) is 6.40 Å². The van der Waals surface area contributed by atoms with Gasteiger partial charge in [0.1, 0.15) is 10.6 Å². The van der Waals surface area contributed by atoms with Crippen LogP contribution in [-0.2, 0) is 10.0 Å². The van der Waals surface area contributed by atoms with E-state index >= 15 is 0 Å². The molecule has 1 N–H and O–H groups in total. The maximum absolute atomic E-state index is 11.4. The molecule has 0 saturated heterocycles. The molecule has 0 amide bonds. The van der Waals surface area contributed by atoms with Crippen molar-refractivity contribution in [3.63, 3.8) is 0 Å². The van der Waals surface area contributed by atoms with Crippen molar-refractivity contribution in [3.05, 3.63) is 24.3 Å². The lowest BCUT2D eigenvalue weighted by molar-refractivity contribution is 0.554. The number of hydrogen-bond acceptors (Lipinski definition) is 4. The minimum atomic E-state index is -3.55. The molecule has 0 aromatic heterocycles. The van der Waals surface area contributed by atoms with E-state index in [0.717, 1.165) is 6.40 Å². The SMILES string of the molecule is O=S1(=O)NN=COc2ccccc21. The van der Waals surface area contributed by atoms with Crippen LogP contribution in [0, 0.1) is 0 Å². The monoisotopic (exact) mass is 198 g/mol. The van der Waals surface area contributed by atoms with E-state index in [1.807, 2.05) is 4.83 Å². The Morgan fingerprint density at radius 1 is 1.31 bits per heavy atom. The predicted molar refractivity (Wildman–Crippen MR) is 45.9 cm³/mol. The first kappa shape index (κ1) is 8.06. The van der Waals surface area contributed by atoms with E-state index in [0.29, 0.717) is 0 Å². The zero-order valence-corrected chi connectivity index (χ0v) is 7.28. The van der Waals surface area contributed by atoms with Crippen molar-refractivity contribution in [1.82, 2.24) is 4.83 Å². The van der Waals surface area contributed by atoms with Crippen LogP contribution in [0.2, 0.25) is 0 Å². The zero-order valence-electron chi connectivity index (χ0n) is 6.47. The molecule has 1 aromatic rings. The maximum Gasteiger partial charge on any atom is 0.280 e. The fraction of sp³-hybridized carbons (Fsp3) is 0. The topological polar surface area (TPSA) is 67.8 Å². The fourth-order valence-corrected chi connectivity index (χ4v) is 1.91. The Labute approximate surface area is 75.1 Å².